The number of nitrogens with one attached hydrogen (secondary N) is 2. The molecule has 0 unspecified atom stereocenters. The Kier molecular flexibility index (Phi) is 5.61. The van der Waals surface area contributed by atoms with Crippen molar-refractivity contribution in [2.24, 2.45) is 0 Å². The summed E-state index contributed by atoms with van der Waals surface area (Å²) >= 11 is 12.1. The highest BCUT2D eigenvalue weighted by Crippen LogP contribution is 2.30. The van der Waals surface area contributed by atoms with E-state index in [1.165, 1.54) is 0 Å². The third kappa shape index (κ3) is 4.25. The second kappa shape index (κ2) is 8.08. The third-order valence-electron chi connectivity index (χ3n) is 3.57. The standard InChI is InChI=1S/C19H15Cl2N3O2/c1-26-17-7-6-13(20)11-16(17)23-18-10-12(8-9-22-18)19(25)24-15-5-3-2-4-14(15)21/h2-11H,1H3,(H,22,23)(H,24,25). The first-order valence-corrected chi connectivity index (χ1v) is 8.45. The fourth-order valence-corrected chi connectivity index (χ4v) is 2.67. The van der Waals surface area contributed by atoms with Crippen molar-refractivity contribution in [2.75, 3.05) is 17.7 Å². The number of amides is 1. The van der Waals surface area contributed by atoms with Gasteiger partial charge in [-0.3, -0.25) is 4.79 Å². The highest BCUT2D eigenvalue weighted by molar-refractivity contribution is 6.34. The molecule has 0 atom stereocenters. The van der Waals surface area contributed by atoms with Gasteiger partial charge in [0.1, 0.15) is 11.6 Å². The van der Waals surface area contributed by atoms with Crippen molar-refractivity contribution in [2.45, 2.75) is 0 Å². The van der Waals surface area contributed by atoms with Crippen LogP contribution < -0.4 is 15.4 Å². The lowest BCUT2D eigenvalue weighted by molar-refractivity contribution is 0.102. The van der Waals surface area contributed by atoms with Gasteiger partial charge in [-0.1, -0.05) is 35.3 Å². The van der Waals surface area contributed by atoms with Gasteiger partial charge in [-0.15, -0.1) is 0 Å². The molecule has 0 saturated heterocycles. The SMILES string of the molecule is COc1ccc(Cl)cc1Nc1cc(C(=O)Nc2ccccc2Cl)ccn1. The summed E-state index contributed by atoms with van der Waals surface area (Å²) in [7, 11) is 1.56. The average molecular weight is 388 g/mol. The molecule has 1 amide bonds. The monoisotopic (exact) mass is 387 g/mol. The van der Waals surface area contributed by atoms with Gasteiger partial charge in [0.25, 0.3) is 5.91 Å². The van der Waals surface area contributed by atoms with Crippen molar-refractivity contribution in [3.8, 4) is 5.75 Å². The molecular weight excluding hydrogens is 373 g/mol. The average Bonchev–Trinajstić information content (AvgIpc) is 2.64. The Balaban J connectivity index is 1.81. The smallest absolute Gasteiger partial charge is 0.255 e. The molecule has 0 aliphatic heterocycles. The van der Waals surface area contributed by atoms with Gasteiger partial charge in [-0.25, -0.2) is 4.98 Å². The normalized spacial score (nSPS) is 10.3. The molecule has 2 N–H and O–H groups in total. The van der Waals surface area contributed by atoms with E-state index < -0.39 is 0 Å². The Morgan fingerprint density at radius 2 is 1.85 bits per heavy atom. The first kappa shape index (κ1) is 18.0. The summed E-state index contributed by atoms with van der Waals surface area (Å²) in [5.41, 5.74) is 1.63. The van der Waals surface area contributed by atoms with Crippen molar-refractivity contribution in [1.29, 1.82) is 0 Å². The number of pyridine rings is 1. The second-order valence-electron chi connectivity index (χ2n) is 5.33. The third-order valence-corrected chi connectivity index (χ3v) is 4.13. The van der Waals surface area contributed by atoms with Crippen molar-refractivity contribution >= 4 is 46.3 Å². The molecule has 1 heterocycles. The maximum Gasteiger partial charge on any atom is 0.255 e. The van der Waals surface area contributed by atoms with E-state index in [2.05, 4.69) is 15.6 Å². The molecular formula is C19H15Cl2N3O2. The highest BCUT2D eigenvalue weighted by Gasteiger charge is 2.11. The number of methoxy groups -OCH3 is 1. The number of halogens is 2. The van der Waals surface area contributed by atoms with Crippen LogP contribution in [-0.4, -0.2) is 18.0 Å². The van der Waals surface area contributed by atoms with E-state index in [0.717, 1.165) is 0 Å². The van der Waals surface area contributed by atoms with Gasteiger partial charge >= 0.3 is 0 Å². The first-order chi connectivity index (χ1) is 12.6. The number of benzene rings is 2. The molecule has 26 heavy (non-hydrogen) atoms. The topological polar surface area (TPSA) is 63.2 Å². The van der Waals surface area contributed by atoms with Crippen molar-refractivity contribution in [1.82, 2.24) is 4.98 Å². The van der Waals surface area contributed by atoms with Crippen molar-refractivity contribution in [3.05, 3.63) is 76.4 Å². The van der Waals surface area contributed by atoms with Crippen LogP contribution in [0.5, 0.6) is 5.75 Å². The number of hydrogen-bond donors (Lipinski definition) is 2. The van der Waals surface area contributed by atoms with Crippen LogP contribution in [0.2, 0.25) is 10.0 Å². The molecule has 132 valence electrons. The zero-order chi connectivity index (χ0) is 18.5. The number of nitrogens with zero attached hydrogens (tertiary/aromatic N) is 1. The first-order valence-electron chi connectivity index (χ1n) is 7.69. The lowest BCUT2D eigenvalue weighted by Gasteiger charge is -2.12. The van der Waals surface area contributed by atoms with Gasteiger partial charge in [-0.05, 0) is 42.5 Å². The number of anilines is 3. The van der Waals surface area contributed by atoms with Crippen LogP contribution in [0.15, 0.2) is 60.8 Å². The van der Waals surface area contributed by atoms with Crippen LogP contribution in [0, 0.1) is 0 Å². The van der Waals surface area contributed by atoms with Crippen LogP contribution in [0.25, 0.3) is 0 Å². The molecule has 7 heteroatoms. The fourth-order valence-electron chi connectivity index (χ4n) is 2.31. The Labute approximate surface area is 160 Å². The fraction of sp³-hybridized carbons (Fsp3) is 0.0526. The Morgan fingerprint density at radius 3 is 2.62 bits per heavy atom. The van der Waals surface area contributed by atoms with Crippen molar-refractivity contribution in [3.63, 3.8) is 0 Å². The van der Waals surface area contributed by atoms with Gasteiger partial charge in [0.2, 0.25) is 0 Å². The lowest BCUT2D eigenvalue weighted by Crippen LogP contribution is -2.12. The molecule has 2 aromatic carbocycles. The molecule has 0 aliphatic carbocycles. The lowest BCUT2D eigenvalue weighted by atomic mass is 10.2. The molecule has 3 rings (SSSR count). The zero-order valence-corrected chi connectivity index (χ0v) is 15.3. The maximum atomic E-state index is 12.5. The van der Waals surface area contributed by atoms with E-state index in [1.807, 2.05) is 0 Å². The van der Waals surface area contributed by atoms with Crippen LogP contribution in [-0.2, 0) is 0 Å². The summed E-state index contributed by atoms with van der Waals surface area (Å²) in [6, 6.07) is 15.5. The minimum absolute atomic E-state index is 0.290. The van der Waals surface area contributed by atoms with E-state index in [9.17, 15) is 4.79 Å². The van der Waals surface area contributed by atoms with Gasteiger partial charge in [-0.2, -0.15) is 0 Å². The molecule has 0 aliphatic rings. The molecule has 0 bridgehead atoms. The second-order valence-corrected chi connectivity index (χ2v) is 6.18. The molecule has 5 nitrogen and oxygen atoms in total. The molecule has 0 saturated carbocycles. The predicted molar refractivity (Wildman–Crippen MR) is 105 cm³/mol. The number of carbonyl (C=O) groups is 1. The number of hydrogen-bond acceptors (Lipinski definition) is 4. The predicted octanol–water partition coefficient (Wildman–Crippen LogP) is 5.39. The Hall–Kier alpha value is -2.76. The Bertz CT molecular complexity index is 948. The quantitative estimate of drug-likeness (QED) is 0.615. The van der Waals surface area contributed by atoms with Gasteiger partial charge in [0.05, 0.1) is 23.5 Å². The minimum Gasteiger partial charge on any atom is -0.495 e. The van der Waals surface area contributed by atoms with Crippen LogP contribution >= 0.6 is 23.2 Å². The maximum absolute atomic E-state index is 12.5. The summed E-state index contributed by atoms with van der Waals surface area (Å²) in [4.78, 5) is 16.7. The van der Waals surface area contributed by atoms with E-state index in [1.54, 1.807) is 67.9 Å². The van der Waals surface area contributed by atoms with Crippen LogP contribution in [0.1, 0.15) is 10.4 Å². The van der Waals surface area contributed by atoms with Crippen LogP contribution in [0.4, 0.5) is 17.2 Å². The van der Waals surface area contributed by atoms with E-state index >= 15 is 0 Å². The van der Waals surface area contributed by atoms with Gasteiger partial charge in [0.15, 0.2) is 0 Å². The number of aromatic nitrogens is 1. The number of para-hydroxylation sites is 1. The highest BCUT2D eigenvalue weighted by atomic mass is 35.5. The summed E-state index contributed by atoms with van der Waals surface area (Å²) in [5.74, 6) is 0.807. The van der Waals surface area contributed by atoms with Gasteiger partial charge < -0.3 is 15.4 Å². The number of rotatable bonds is 5. The molecule has 3 aromatic rings. The summed E-state index contributed by atoms with van der Waals surface area (Å²) in [6.07, 6.45) is 1.54. The molecule has 1 aromatic heterocycles. The summed E-state index contributed by atoms with van der Waals surface area (Å²) < 4.78 is 5.30. The van der Waals surface area contributed by atoms with Crippen molar-refractivity contribution < 1.29 is 9.53 Å². The van der Waals surface area contributed by atoms with E-state index in [0.29, 0.717) is 38.6 Å². The van der Waals surface area contributed by atoms with Crippen LogP contribution in [0.3, 0.4) is 0 Å². The molecule has 0 radical (unpaired) electrons. The minimum atomic E-state index is -0.290. The molecule has 0 fully saturated rings. The zero-order valence-electron chi connectivity index (χ0n) is 13.8. The Morgan fingerprint density at radius 1 is 1.04 bits per heavy atom. The summed E-state index contributed by atoms with van der Waals surface area (Å²) in [5, 5.41) is 6.91. The van der Waals surface area contributed by atoms with E-state index in [4.69, 9.17) is 27.9 Å². The number of ether oxygens (including phenoxy) is 1. The molecule has 0 spiro atoms. The largest absolute Gasteiger partial charge is 0.495 e. The number of carbonyl (C=O) groups excluding carboxylic acids is 1. The summed E-state index contributed by atoms with van der Waals surface area (Å²) in [6.45, 7) is 0. The van der Waals surface area contributed by atoms with Gasteiger partial charge in [0, 0.05) is 16.8 Å². The van der Waals surface area contributed by atoms with E-state index in [-0.39, 0.29) is 5.91 Å².